The summed E-state index contributed by atoms with van der Waals surface area (Å²) in [6, 6.07) is 19.0. The van der Waals surface area contributed by atoms with Crippen LogP contribution in [0, 0.1) is 27.7 Å². The number of benzene rings is 3. The van der Waals surface area contributed by atoms with E-state index in [2.05, 4.69) is 0 Å². The van der Waals surface area contributed by atoms with Gasteiger partial charge in [0.15, 0.2) is 0 Å². The van der Waals surface area contributed by atoms with Gasteiger partial charge in [-0.3, -0.25) is 0 Å². The van der Waals surface area contributed by atoms with Crippen molar-refractivity contribution in [3.8, 4) is 17.2 Å². The highest BCUT2D eigenvalue weighted by Gasteiger charge is 2.31. The summed E-state index contributed by atoms with van der Waals surface area (Å²) in [4.78, 5) is 12.2. The molecule has 39 heavy (non-hydrogen) atoms. The van der Waals surface area contributed by atoms with E-state index in [0.29, 0.717) is 41.0 Å². The van der Waals surface area contributed by atoms with E-state index in [1.807, 2.05) is 44.2 Å². The number of sulfone groups is 1. The van der Waals surface area contributed by atoms with Gasteiger partial charge in [-0.2, -0.15) is 0 Å². The average Bonchev–Trinajstić information content (AvgIpc) is 3.15. The molecule has 0 aliphatic heterocycles. The van der Waals surface area contributed by atoms with Gasteiger partial charge in [0.2, 0.25) is 9.84 Å². The first kappa shape index (κ1) is 28.3. The Morgan fingerprint density at radius 3 is 2.08 bits per heavy atom. The molecule has 0 amide bonds. The number of halogens is 1. The summed E-state index contributed by atoms with van der Waals surface area (Å²) in [6.07, 6.45) is 0.473. The van der Waals surface area contributed by atoms with Crippen molar-refractivity contribution in [2.45, 2.75) is 50.5 Å². The van der Waals surface area contributed by atoms with Crippen LogP contribution in [0.2, 0.25) is 5.02 Å². The lowest BCUT2D eigenvalue weighted by Gasteiger charge is -2.12. The Morgan fingerprint density at radius 2 is 1.49 bits per heavy atom. The minimum atomic E-state index is -4.00. The Bertz CT molecular complexity index is 1590. The summed E-state index contributed by atoms with van der Waals surface area (Å²) in [5.41, 5.74) is 2.34. The average molecular weight is 568 g/mol. The minimum Gasteiger partial charge on any atom is -0.494 e. The maximum atomic E-state index is 13.7. The molecular weight excluding hydrogens is 538 g/mol. The lowest BCUT2D eigenvalue weighted by molar-refractivity contribution is 0.0683. The smallest absolute Gasteiger partial charge is 0.352 e. The Balaban J connectivity index is 1.55. The van der Waals surface area contributed by atoms with E-state index in [1.165, 1.54) is 19.1 Å². The van der Waals surface area contributed by atoms with Gasteiger partial charge < -0.3 is 19.1 Å². The third-order valence-electron chi connectivity index (χ3n) is 6.49. The second kappa shape index (κ2) is 11.6. The zero-order valence-corrected chi connectivity index (χ0v) is 23.8. The first-order chi connectivity index (χ1) is 18.5. The van der Waals surface area contributed by atoms with Gasteiger partial charge in [0.1, 0.15) is 22.9 Å². The van der Waals surface area contributed by atoms with E-state index in [1.54, 1.807) is 35.8 Å². The van der Waals surface area contributed by atoms with E-state index < -0.39 is 15.8 Å². The number of hydrogen-bond donors (Lipinski definition) is 1. The lowest BCUT2D eigenvalue weighted by Crippen LogP contribution is -2.13. The number of aryl methyl sites for hydroxylation is 2. The van der Waals surface area contributed by atoms with Gasteiger partial charge in [0.25, 0.3) is 0 Å². The van der Waals surface area contributed by atoms with Crippen LogP contribution in [0.1, 0.15) is 39.3 Å². The number of ether oxygens (including phenoxy) is 2. The fourth-order valence-corrected chi connectivity index (χ4v) is 6.49. The molecule has 9 heteroatoms. The van der Waals surface area contributed by atoms with Crippen molar-refractivity contribution < 1.29 is 27.8 Å². The predicted molar refractivity (Wildman–Crippen MR) is 150 cm³/mol. The van der Waals surface area contributed by atoms with Gasteiger partial charge in [0.05, 0.1) is 16.4 Å². The van der Waals surface area contributed by atoms with Crippen LogP contribution in [0.25, 0.3) is 0 Å². The molecule has 3 aromatic carbocycles. The molecule has 1 heterocycles. The van der Waals surface area contributed by atoms with Crippen LogP contribution < -0.4 is 9.47 Å². The number of aromatic carboxylic acids is 1. The predicted octanol–water partition coefficient (Wildman–Crippen LogP) is 7.17. The third kappa shape index (κ3) is 5.97. The molecule has 1 N–H and O–H groups in total. The van der Waals surface area contributed by atoms with Crippen LogP contribution in [0.15, 0.2) is 76.5 Å². The summed E-state index contributed by atoms with van der Waals surface area (Å²) < 4.78 is 40.5. The number of carboxylic acid groups (broad SMARTS) is 1. The minimum absolute atomic E-state index is 0.00139. The van der Waals surface area contributed by atoms with E-state index >= 15 is 0 Å². The van der Waals surface area contributed by atoms with Crippen molar-refractivity contribution in [2.24, 2.45) is 0 Å². The summed E-state index contributed by atoms with van der Waals surface area (Å²) >= 11 is 6.22. The molecule has 0 aliphatic carbocycles. The highest BCUT2D eigenvalue weighted by molar-refractivity contribution is 7.91. The molecule has 0 saturated heterocycles. The van der Waals surface area contributed by atoms with E-state index in [0.717, 1.165) is 11.1 Å². The number of para-hydroxylation sites is 1. The lowest BCUT2D eigenvalue weighted by atomic mass is 10.1. The molecule has 0 saturated carbocycles. The molecule has 0 bridgehead atoms. The van der Waals surface area contributed by atoms with Gasteiger partial charge in [-0.1, -0.05) is 29.8 Å². The number of aromatic nitrogens is 1. The Morgan fingerprint density at radius 1 is 0.897 bits per heavy atom. The molecule has 0 atom stereocenters. The first-order valence-corrected chi connectivity index (χ1v) is 14.3. The van der Waals surface area contributed by atoms with Crippen molar-refractivity contribution in [2.75, 3.05) is 6.61 Å². The van der Waals surface area contributed by atoms with Crippen LogP contribution in [-0.4, -0.2) is 30.7 Å². The summed E-state index contributed by atoms with van der Waals surface area (Å²) in [6.45, 7) is 7.56. The SMILES string of the molecule is Cc1cc(OCCCn2c(C)c(S(=O)(=O)c3ccc(Oc4ccccc4)cc3)c(C)c2C(=O)O)cc(C)c1Cl. The molecule has 1 aromatic heterocycles. The molecule has 0 spiro atoms. The Labute approximate surface area is 233 Å². The largest absolute Gasteiger partial charge is 0.494 e. The first-order valence-electron chi connectivity index (χ1n) is 12.4. The molecule has 0 fully saturated rings. The van der Waals surface area contributed by atoms with Crippen molar-refractivity contribution in [1.29, 1.82) is 0 Å². The molecular formula is C30H30ClNO6S. The van der Waals surface area contributed by atoms with E-state index in [9.17, 15) is 18.3 Å². The zero-order chi connectivity index (χ0) is 28.3. The van der Waals surface area contributed by atoms with Crippen LogP contribution in [0.4, 0.5) is 0 Å². The highest BCUT2D eigenvalue weighted by Crippen LogP contribution is 2.33. The molecule has 0 unspecified atom stereocenters. The Hall–Kier alpha value is -3.75. The summed E-state index contributed by atoms with van der Waals surface area (Å²) in [5.74, 6) is 0.612. The van der Waals surface area contributed by atoms with Crippen LogP contribution in [0.3, 0.4) is 0 Å². The molecule has 204 valence electrons. The summed E-state index contributed by atoms with van der Waals surface area (Å²) in [7, 11) is -4.00. The van der Waals surface area contributed by atoms with Crippen molar-refractivity contribution >= 4 is 27.4 Å². The number of hydrogen-bond acceptors (Lipinski definition) is 5. The number of rotatable bonds is 10. The maximum Gasteiger partial charge on any atom is 0.352 e. The van der Waals surface area contributed by atoms with Crippen LogP contribution >= 0.6 is 11.6 Å². The highest BCUT2D eigenvalue weighted by atomic mass is 35.5. The Kier molecular flexibility index (Phi) is 8.37. The topological polar surface area (TPSA) is 94.8 Å². The normalized spacial score (nSPS) is 11.4. The third-order valence-corrected chi connectivity index (χ3v) is 9.12. The van der Waals surface area contributed by atoms with Crippen molar-refractivity contribution in [3.05, 3.63) is 99.8 Å². The monoisotopic (exact) mass is 567 g/mol. The molecule has 7 nitrogen and oxygen atoms in total. The van der Waals surface area contributed by atoms with Crippen LogP contribution in [0.5, 0.6) is 17.2 Å². The van der Waals surface area contributed by atoms with Gasteiger partial charge in [-0.05, 0) is 93.8 Å². The van der Waals surface area contributed by atoms with Crippen LogP contribution in [-0.2, 0) is 16.4 Å². The zero-order valence-electron chi connectivity index (χ0n) is 22.2. The second-order valence-electron chi connectivity index (χ2n) is 9.31. The van der Waals surface area contributed by atoms with Crippen molar-refractivity contribution in [1.82, 2.24) is 4.57 Å². The van der Waals surface area contributed by atoms with Gasteiger partial charge in [0, 0.05) is 22.8 Å². The summed E-state index contributed by atoms with van der Waals surface area (Å²) in [5, 5.41) is 10.6. The molecule has 4 rings (SSSR count). The molecule has 0 radical (unpaired) electrons. The molecule has 4 aromatic rings. The van der Waals surface area contributed by atoms with Gasteiger partial charge >= 0.3 is 5.97 Å². The fourth-order valence-electron chi connectivity index (χ4n) is 4.65. The fraction of sp³-hybridized carbons (Fsp3) is 0.233. The second-order valence-corrected chi connectivity index (χ2v) is 11.6. The van der Waals surface area contributed by atoms with E-state index in [4.69, 9.17) is 21.1 Å². The maximum absolute atomic E-state index is 13.7. The van der Waals surface area contributed by atoms with E-state index in [-0.39, 0.29) is 27.6 Å². The van der Waals surface area contributed by atoms with Gasteiger partial charge in [-0.15, -0.1) is 0 Å². The van der Waals surface area contributed by atoms with Crippen molar-refractivity contribution in [3.63, 3.8) is 0 Å². The number of nitrogens with zero attached hydrogens (tertiary/aromatic N) is 1. The molecule has 0 aliphatic rings. The number of carboxylic acids is 1. The standard InChI is InChI=1S/C30H30ClNO6S/c1-19-17-25(18-20(2)27(19)31)37-16-8-15-32-22(4)29(21(3)28(32)30(33)34)39(35,36)26-13-11-24(12-14-26)38-23-9-6-5-7-10-23/h5-7,9-14,17-18H,8,15-16H2,1-4H3,(H,33,34). The number of carbonyl (C=O) groups is 1. The van der Waals surface area contributed by atoms with Gasteiger partial charge in [-0.25, -0.2) is 13.2 Å². The quantitative estimate of drug-likeness (QED) is 0.204.